The van der Waals surface area contributed by atoms with Gasteiger partial charge in [-0.05, 0) is 29.5 Å². The second kappa shape index (κ2) is 5.28. The number of benzene rings is 1. The van der Waals surface area contributed by atoms with Gasteiger partial charge in [-0.2, -0.15) is 13.2 Å². The van der Waals surface area contributed by atoms with Gasteiger partial charge in [-0.15, -0.1) is 11.3 Å². The van der Waals surface area contributed by atoms with Crippen molar-refractivity contribution < 1.29 is 18.1 Å². The number of hydrogen-bond donors (Lipinski definition) is 0. The maximum Gasteiger partial charge on any atom is 0.418 e. The Morgan fingerprint density at radius 1 is 1.27 bits per heavy atom. The topological polar surface area (TPSA) is 46.4 Å². The van der Waals surface area contributed by atoms with Gasteiger partial charge in [0.25, 0.3) is 5.69 Å². The van der Waals surface area contributed by atoms with Gasteiger partial charge in [-0.3, -0.25) is 10.1 Å². The summed E-state index contributed by atoms with van der Waals surface area (Å²) < 4.78 is 39.7. The smallest absolute Gasteiger partial charge is 0.366 e. The molecule has 0 amide bonds. The van der Waals surface area contributed by atoms with Gasteiger partial charge < -0.3 is 4.90 Å². The molecule has 22 heavy (non-hydrogen) atoms. The highest BCUT2D eigenvalue weighted by Crippen LogP contribution is 2.40. The summed E-state index contributed by atoms with van der Waals surface area (Å²) >= 11 is 1.60. The molecule has 1 aliphatic rings. The van der Waals surface area contributed by atoms with Crippen LogP contribution in [-0.4, -0.2) is 11.5 Å². The van der Waals surface area contributed by atoms with Gasteiger partial charge in [0.2, 0.25) is 0 Å². The molecule has 2 aromatic rings. The first-order valence-corrected chi connectivity index (χ1v) is 7.40. The van der Waals surface area contributed by atoms with E-state index < -0.39 is 22.4 Å². The Kier molecular flexibility index (Phi) is 3.56. The molecule has 1 aromatic heterocycles. The Labute approximate surface area is 127 Å². The number of nitro benzene ring substituents is 1. The second-order valence-electron chi connectivity index (χ2n) is 5.00. The SMILES string of the molecule is O=[N+]([O-])c1ccc(N2CCc3sccc3C2)c(C(F)(F)F)c1. The highest BCUT2D eigenvalue weighted by atomic mass is 32.1. The number of nitro groups is 1. The molecule has 0 atom stereocenters. The summed E-state index contributed by atoms with van der Waals surface area (Å²) in [6.45, 7) is 0.855. The highest BCUT2D eigenvalue weighted by molar-refractivity contribution is 7.10. The molecule has 0 aliphatic carbocycles. The van der Waals surface area contributed by atoms with Gasteiger partial charge >= 0.3 is 6.18 Å². The van der Waals surface area contributed by atoms with E-state index in [1.165, 1.54) is 10.9 Å². The summed E-state index contributed by atoms with van der Waals surface area (Å²) in [5, 5.41) is 12.6. The summed E-state index contributed by atoms with van der Waals surface area (Å²) in [6.07, 6.45) is -3.95. The van der Waals surface area contributed by atoms with Crippen LogP contribution in [0.5, 0.6) is 0 Å². The molecule has 0 bridgehead atoms. The fraction of sp³-hybridized carbons (Fsp3) is 0.286. The molecular formula is C14H11F3N2O2S. The molecule has 1 aromatic carbocycles. The predicted octanol–water partition coefficient (Wildman–Crippen LogP) is 4.24. The number of nitrogens with zero attached hydrogens (tertiary/aromatic N) is 2. The van der Waals surface area contributed by atoms with E-state index in [2.05, 4.69) is 0 Å². The standard InChI is InChI=1S/C14H11F3N2O2S/c15-14(16,17)11-7-10(19(20)21)1-2-12(11)18-5-3-13-9(8-18)4-6-22-13/h1-2,4,6-7H,3,5,8H2. The Hall–Kier alpha value is -2.09. The van der Waals surface area contributed by atoms with Crippen molar-refractivity contribution in [3.05, 3.63) is 55.8 Å². The summed E-state index contributed by atoms with van der Waals surface area (Å²) in [4.78, 5) is 12.7. The van der Waals surface area contributed by atoms with Crippen LogP contribution in [0.15, 0.2) is 29.6 Å². The third-order valence-corrected chi connectivity index (χ3v) is 4.67. The van der Waals surface area contributed by atoms with Crippen LogP contribution >= 0.6 is 11.3 Å². The molecule has 8 heteroatoms. The third-order valence-electron chi connectivity index (χ3n) is 3.64. The number of rotatable bonds is 2. The van der Waals surface area contributed by atoms with Crippen LogP contribution < -0.4 is 4.90 Å². The molecule has 2 heterocycles. The Morgan fingerprint density at radius 2 is 2.05 bits per heavy atom. The highest BCUT2D eigenvalue weighted by Gasteiger charge is 2.37. The summed E-state index contributed by atoms with van der Waals surface area (Å²) in [5.74, 6) is 0. The zero-order chi connectivity index (χ0) is 15.9. The Morgan fingerprint density at radius 3 is 2.73 bits per heavy atom. The molecule has 116 valence electrons. The van der Waals surface area contributed by atoms with Gasteiger partial charge in [0.1, 0.15) is 0 Å². The minimum atomic E-state index is -4.63. The lowest BCUT2D eigenvalue weighted by atomic mass is 10.1. The average Bonchev–Trinajstić information content (AvgIpc) is 2.93. The minimum absolute atomic E-state index is 0.00468. The molecule has 0 radical (unpaired) electrons. The largest absolute Gasteiger partial charge is 0.418 e. The molecular weight excluding hydrogens is 317 g/mol. The van der Waals surface area contributed by atoms with Crippen LogP contribution in [0.3, 0.4) is 0 Å². The first kappa shape index (κ1) is 14.8. The molecule has 3 rings (SSSR count). The number of alkyl halides is 3. The van der Waals surface area contributed by atoms with Gasteiger partial charge in [-0.25, -0.2) is 0 Å². The molecule has 4 nitrogen and oxygen atoms in total. The first-order valence-electron chi connectivity index (χ1n) is 6.52. The van der Waals surface area contributed by atoms with Crippen LogP contribution in [0.25, 0.3) is 0 Å². The molecule has 0 unspecified atom stereocenters. The van der Waals surface area contributed by atoms with E-state index in [0.717, 1.165) is 11.6 Å². The van der Waals surface area contributed by atoms with E-state index in [1.807, 2.05) is 11.4 Å². The van der Waals surface area contributed by atoms with E-state index in [9.17, 15) is 23.3 Å². The normalized spacial score (nSPS) is 14.8. The molecule has 0 fully saturated rings. The van der Waals surface area contributed by atoms with E-state index in [4.69, 9.17) is 0 Å². The lowest BCUT2D eigenvalue weighted by molar-refractivity contribution is -0.385. The number of halogens is 3. The van der Waals surface area contributed by atoms with Crippen LogP contribution in [0.2, 0.25) is 0 Å². The quantitative estimate of drug-likeness (QED) is 0.612. The van der Waals surface area contributed by atoms with Crippen molar-refractivity contribution in [1.29, 1.82) is 0 Å². The first-order chi connectivity index (χ1) is 10.4. The Bertz CT molecular complexity index is 727. The molecule has 1 aliphatic heterocycles. The maximum atomic E-state index is 13.2. The number of fused-ring (bicyclic) bond motifs is 1. The van der Waals surface area contributed by atoms with Crippen molar-refractivity contribution in [3.8, 4) is 0 Å². The third kappa shape index (κ3) is 2.66. The lowest BCUT2D eigenvalue weighted by Crippen LogP contribution is -2.31. The average molecular weight is 328 g/mol. The monoisotopic (exact) mass is 328 g/mol. The van der Waals surface area contributed by atoms with Crippen molar-refractivity contribution in [3.63, 3.8) is 0 Å². The van der Waals surface area contributed by atoms with Crippen molar-refractivity contribution in [2.24, 2.45) is 0 Å². The van der Waals surface area contributed by atoms with E-state index in [0.29, 0.717) is 25.6 Å². The van der Waals surface area contributed by atoms with Crippen LogP contribution in [0.1, 0.15) is 16.0 Å². The van der Waals surface area contributed by atoms with Crippen molar-refractivity contribution >= 4 is 22.7 Å². The van der Waals surface area contributed by atoms with Gasteiger partial charge in [0.15, 0.2) is 0 Å². The van der Waals surface area contributed by atoms with Gasteiger partial charge in [0.05, 0.1) is 10.5 Å². The van der Waals surface area contributed by atoms with Crippen molar-refractivity contribution in [2.75, 3.05) is 11.4 Å². The molecule has 0 saturated heterocycles. The second-order valence-corrected chi connectivity index (χ2v) is 6.00. The zero-order valence-corrected chi connectivity index (χ0v) is 12.1. The summed E-state index contributed by atoms with van der Waals surface area (Å²) in [6, 6.07) is 4.83. The van der Waals surface area contributed by atoms with Crippen molar-refractivity contribution in [1.82, 2.24) is 0 Å². The van der Waals surface area contributed by atoms with Crippen LogP contribution in [0.4, 0.5) is 24.5 Å². The molecule has 0 N–H and O–H groups in total. The molecule has 0 saturated carbocycles. The molecule has 0 spiro atoms. The number of hydrogen-bond acceptors (Lipinski definition) is 4. The fourth-order valence-corrected chi connectivity index (χ4v) is 3.48. The summed E-state index contributed by atoms with van der Waals surface area (Å²) in [7, 11) is 0. The van der Waals surface area contributed by atoms with Crippen LogP contribution in [-0.2, 0) is 19.1 Å². The van der Waals surface area contributed by atoms with Crippen molar-refractivity contribution in [2.45, 2.75) is 19.1 Å². The minimum Gasteiger partial charge on any atom is -0.366 e. The van der Waals surface area contributed by atoms with Gasteiger partial charge in [-0.1, -0.05) is 0 Å². The van der Waals surface area contributed by atoms with Crippen LogP contribution in [0, 0.1) is 10.1 Å². The number of thiophene rings is 1. The summed E-state index contributed by atoms with van der Waals surface area (Å²) in [5.41, 5.74) is -0.498. The van der Waals surface area contributed by atoms with E-state index in [1.54, 1.807) is 16.2 Å². The fourth-order valence-electron chi connectivity index (χ4n) is 2.59. The zero-order valence-electron chi connectivity index (χ0n) is 11.3. The maximum absolute atomic E-state index is 13.2. The Balaban J connectivity index is 2.02. The number of non-ortho nitro benzene ring substituents is 1. The van der Waals surface area contributed by atoms with E-state index in [-0.39, 0.29) is 5.69 Å². The number of anilines is 1. The van der Waals surface area contributed by atoms with Gasteiger partial charge in [0, 0.05) is 35.8 Å². The lowest BCUT2D eigenvalue weighted by Gasteiger charge is -2.31. The van der Waals surface area contributed by atoms with E-state index >= 15 is 0 Å². The predicted molar refractivity (Wildman–Crippen MR) is 77.2 cm³/mol.